The van der Waals surface area contributed by atoms with Gasteiger partial charge < -0.3 is 14.4 Å². The van der Waals surface area contributed by atoms with Crippen molar-refractivity contribution in [1.29, 1.82) is 0 Å². The molecule has 7 heteroatoms. The molecule has 0 spiro atoms. The molecule has 0 aliphatic carbocycles. The lowest BCUT2D eigenvalue weighted by atomic mass is 10.0. The number of amidine groups is 1. The first kappa shape index (κ1) is 18.6. The third kappa shape index (κ3) is 3.18. The summed E-state index contributed by atoms with van der Waals surface area (Å²) >= 11 is 6.07. The summed E-state index contributed by atoms with van der Waals surface area (Å²) in [6.07, 6.45) is -0.311. The summed E-state index contributed by atoms with van der Waals surface area (Å²) in [5, 5.41) is 7.20. The molecule has 0 N–H and O–H groups in total. The van der Waals surface area contributed by atoms with Gasteiger partial charge in [-0.05, 0) is 57.2 Å². The Hall–Kier alpha value is -2.73. The highest BCUT2D eigenvalue weighted by Crippen LogP contribution is 2.43. The van der Waals surface area contributed by atoms with E-state index < -0.39 is 0 Å². The second-order valence-corrected chi connectivity index (χ2v) is 8.26. The highest BCUT2D eigenvalue weighted by Gasteiger charge is 2.43. The van der Waals surface area contributed by atoms with Crippen LogP contribution < -0.4 is 14.5 Å². The van der Waals surface area contributed by atoms with Gasteiger partial charge in [0.2, 0.25) is 6.79 Å². The molecule has 0 amide bonds. The molecule has 6 nitrogen and oxygen atoms in total. The number of ketones is 1. The molecular weight excluding hydrogens is 378 g/mol. The van der Waals surface area contributed by atoms with Crippen LogP contribution in [-0.2, 0) is 4.79 Å². The van der Waals surface area contributed by atoms with Gasteiger partial charge in [0.25, 0.3) is 0 Å². The van der Waals surface area contributed by atoms with Gasteiger partial charge in [-0.1, -0.05) is 17.7 Å². The van der Waals surface area contributed by atoms with E-state index in [-0.39, 0.29) is 24.3 Å². The molecule has 0 aromatic heterocycles. The van der Waals surface area contributed by atoms with Gasteiger partial charge in [0.05, 0.1) is 5.69 Å². The van der Waals surface area contributed by atoms with Gasteiger partial charge in [-0.3, -0.25) is 4.79 Å². The molecule has 28 heavy (non-hydrogen) atoms. The number of hydrazone groups is 1. The summed E-state index contributed by atoms with van der Waals surface area (Å²) in [6, 6.07) is 13.3. The molecule has 2 heterocycles. The zero-order valence-electron chi connectivity index (χ0n) is 16.3. The molecule has 2 aromatic rings. The number of carbonyl (C=O) groups excluding carboxylic acids is 1. The summed E-state index contributed by atoms with van der Waals surface area (Å²) in [6.45, 7) is 7.95. The predicted molar refractivity (Wildman–Crippen MR) is 109 cm³/mol. The van der Waals surface area contributed by atoms with Crippen molar-refractivity contribution in [2.45, 2.75) is 39.4 Å². The van der Waals surface area contributed by atoms with Crippen molar-refractivity contribution < 1.29 is 14.3 Å². The van der Waals surface area contributed by atoms with E-state index in [1.165, 1.54) is 0 Å². The monoisotopic (exact) mass is 399 g/mol. The maximum Gasteiger partial charge on any atom is 0.231 e. The Morgan fingerprint density at radius 1 is 1.11 bits per heavy atom. The molecule has 4 rings (SSSR count). The van der Waals surface area contributed by atoms with Crippen LogP contribution in [0.4, 0.5) is 5.69 Å². The topological polar surface area (TPSA) is 54.4 Å². The average Bonchev–Trinajstić information content (AvgIpc) is 3.26. The van der Waals surface area contributed by atoms with Crippen LogP contribution in [0.1, 0.15) is 39.4 Å². The summed E-state index contributed by atoms with van der Waals surface area (Å²) in [4.78, 5) is 14.5. The number of benzene rings is 2. The van der Waals surface area contributed by atoms with Crippen molar-refractivity contribution in [3.05, 3.63) is 53.1 Å². The average molecular weight is 400 g/mol. The van der Waals surface area contributed by atoms with E-state index in [0.29, 0.717) is 16.6 Å². The quantitative estimate of drug-likeness (QED) is 0.755. The van der Waals surface area contributed by atoms with E-state index in [1.807, 2.05) is 52.4 Å². The fourth-order valence-corrected chi connectivity index (χ4v) is 3.64. The number of hydrogen-bond donors (Lipinski definition) is 0. The molecular formula is C21H22ClN3O3. The first-order valence-electron chi connectivity index (χ1n) is 9.09. The minimum Gasteiger partial charge on any atom is -0.454 e. The third-order valence-electron chi connectivity index (χ3n) is 4.73. The van der Waals surface area contributed by atoms with Crippen LogP contribution in [0.15, 0.2) is 47.6 Å². The largest absolute Gasteiger partial charge is 0.454 e. The number of halogens is 1. The van der Waals surface area contributed by atoms with E-state index in [9.17, 15) is 4.79 Å². The number of rotatable bonds is 3. The minimum absolute atomic E-state index is 0.0860. The maximum atomic E-state index is 12.4. The van der Waals surface area contributed by atoms with Crippen LogP contribution in [0.5, 0.6) is 11.5 Å². The molecule has 2 aliphatic heterocycles. The van der Waals surface area contributed by atoms with Gasteiger partial charge in [0, 0.05) is 23.0 Å². The summed E-state index contributed by atoms with van der Waals surface area (Å²) in [5.41, 5.74) is 1.46. The molecule has 1 atom stereocenters. The molecule has 0 fully saturated rings. The Kier molecular flexibility index (Phi) is 4.46. The number of carbonyl (C=O) groups is 1. The number of anilines is 1. The van der Waals surface area contributed by atoms with Crippen LogP contribution in [0.25, 0.3) is 0 Å². The molecule has 2 aliphatic rings. The van der Waals surface area contributed by atoms with Crippen molar-refractivity contribution in [3.63, 3.8) is 0 Å². The lowest BCUT2D eigenvalue weighted by Crippen LogP contribution is -2.49. The molecule has 0 unspecified atom stereocenters. The van der Waals surface area contributed by atoms with Gasteiger partial charge in [-0.25, -0.2) is 5.01 Å². The Bertz CT molecular complexity index is 950. The van der Waals surface area contributed by atoms with E-state index in [1.54, 1.807) is 6.92 Å². The standard InChI is InChI=1S/C21H22ClN3O3/c1-13(26)19-23-25(16-8-6-15(22)7-9-16)20(24(19)21(2,3)4)14-5-10-17-18(11-14)28-12-27-17/h5-11,20H,12H2,1-4H3/t20-/m1/s1. The minimum atomic E-state index is -0.341. The second-order valence-electron chi connectivity index (χ2n) is 7.83. The Labute approximate surface area is 169 Å². The van der Waals surface area contributed by atoms with Gasteiger partial charge >= 0.3 is 0 Å². The predicted octanol–water partition coefficient (Wildman–Crippen LogP) is 4.59. The summed E-state index contributed by atoms with van der Waals surface area (Å²) < 4.78 is 11.0. The highest BCUT2D eigenvalue weighted by atomic mass is 35.5. The molecule has 0 saturated heterocycles. The Morgan fingerprint density at radius 2 is 1.79 bits per heavy atom. The number of nitrogens with zero attached hydrogens (tertiary/aromatic N) is 3. The third-order valence-corrected chi connectivity index (χ3v) is 4.98. The smallest absolute Gasteiger partial charge is 0.231 e. The zero-order valence-corrected chi connectivity index (χ0v) is 17.0. The number of hydrogen-bond acceptors (Lipinski definition) is 6. The molecule has 0 bridgehead atoms. The Morgan fingerprint density at radius 3 is 2.43 bits per heavy atom. The normalized spacial score (nSPS) is 18.5. The van der Waals surface area contributed by atoms with Crippen molar-refractivity contribution in [2.75, 3.05) is 11.8 Å². The number of Topliss-reactive ketones (excluding diaryl/α,β-unsaturated/α-hetero) is 1. The van der Waals surface area contributed by atoms with Crippen molar-refractivity contribution in [1.82, 2.24) is 4.90 Å². The van der Waals surface area contributed by atoms with Crippen LogP contribution in [0.3, 0.4) is 0 Å². The van der Waals surface area contributed by atoms with Gasteiger partial charge in [0.15, 0.2) is 29.3 Å². The fourth-order valence-electron chi connectivity index (χ4n) is 3.51. The molecule has 146 valence electrons. The van der Waals surface area contributed by atoms with Crippen molar-refractivity contribution >= 4 is 28.9 Å². The summed E-state index contributed by atoms with van der Waals surface area (Å²) in [5.74, 6) is 1.75. The van der Waals surface area contributed by atoms with E-state index >= 15 is 0 Å². The molecule has 2 aromatic carbocycles. The maximum absolute atomic E-state index is 12.4. The number of ether oxygens (including phenoxy) is 2. The van der Waals surface area contributed by atoms with Crippen LogP contribution >= 0.6 is 11.6 Å². The second kappa shape index (κ2) is 6.71. The van der Waals surface area contributed by atoms with Crippen molar-refractivity contribution in [2.24, 2.45) is 5.10 Å². The van der Waals surface area contributed by atoms with Crippen molar-refractivity contribution in [3.8, 4) is 11.5 Å². The molecule has 0 radical (unpaired) electrons. The summed E-state index contributed by atoms with van der Waals surface area (Å²) in [7, 11) is 0. The van der Waals surface area contributed by atoms with E-state index in [2.05, 4.69) is 20.8 Å². The van der Waals surface area contributed by atoms with Crippen LogP contribution in [0, 0.1) is 0 Å². The van der Waals surface area contributed by atoms with E-state index in [0.717, 1.165) is 17.0 Å². The lowest BCUT2D eigenvalue weighted by molar-refractivity contribution is -0.112. The van der Waals surface area contributed by atoms with Gasteiger partial charge in [-0.15, -0.1) is 5.10 Å². The molecule has 0 saturated carbocycles. The first-order valence-corrected chi connectivity index (χ1v) is 9.47. The van der Waals surface area contributed by atoms with Gasteiger partial charge in [-0.2, -0.15) is 0 Å². The first-order chi connectivity index (χ1) is 13.3. The zero-order chi connectivity index (χ0) is 20.1. The SMILES string of the molecule is CC(=O)C1=NN(c2ccc(Cl)cc2)[C@H](c2ccc3c(c2)OCO3)N1C(C)(C)C. The number of fused-ring (bicyclic) bond motifs is 1. The Balaban J connectivity index is 1.86. The lowest BCUT2D eigenvalue weighted by Gasteiger charge is -2.40. The fraction of sp³-hybridized carbons (Fsp3) is 0.333. The van der Waals surface area contributed by atoms with Gasteiger partial charge in [0.1, 0.15) is 0 Å². The van der Waals surface area contributed by atoms with Crippen LogP contribution in [-0.4, -0.2) is 28.9 Å². The highest BCUT2D eigenvalue weighted by molar-refractivity contribution is 6.38. The van der Waals surface area contributed by atoms with Crippen LogP contribution in [0.2, 0.25) is 5.02 Å². The van der Waals surface area contributed by atoms with E-state index in [4.69, 9.17) is 26.2 Å².